The van der Waals surface area contributed by atoms with Gasteiger partial charge < -0.3 is 10.6 Å². The van der Waals surface area contributed by atoms with Gasteiger partial charge in [0.05, 0.1) is 11.3 Å². The van der Waals surface area contributed by atoms with E-state index in [4.69, 9.17) is 0 Å². The molecule has 16 heavy (non-hydrogen) atoms. The van der Waals surface area contributed by atoms with Crippen LogP contribution in [0, 0.1) is 0 Å². The van der Waals surface area contributed by atoms with Crippen molar-refractivity contribution in [3.8, 4) is 0 Å². The van der Waals surface area contributed by atoms with Crippen molar-refractivity contribution in [3.05, 3.63) is 29.3 Å². The molecule has 4 nitrogen and oxygen atoms in total. The molecule has 1 aromatic carbocycles. The van der Waals surface area contributed by atoms with Crippen molar-refractivity contribution in [1.29, 1.82) is 0 Å². The molecule has 1 heterocycles. The van der Waals surface area contributed by atoms with E-state index in [1.807, 2.05) is 6.07 Å². The SMILES string of the molecule is CC(C)NCc1ccc2c(c1)C(=O)C(=O)N2. The van der Waals surface area contributed by atoms with Crippen molar-refractivity contribution in [2.75, 3.05) is 5.32 Å². The third-order valence-electron chi connectivity index (χ3n) is 2.50. The fourth-order valence-corrected chi connectivity index (χ4v) is 1.62. The summed E-state index contributed by atoms with van der Waals surface area (Å²) in [6, 6.07) is 5.84. The molecule has 84 valence electrons. The fourth-order valence-electron chi connectivity index (χ4n) is 1.62. The Balaban J connectivity index is 2.20. The molecule has 0 aromatic heterocycles. The van der Waals surface area contributed by atoms with Gasteiger partial charge in [0.25, 0.3) is 11.7 Å². The van der Waals surface area contributed by atoms with E-state index in [1.54, 1.807) is 12.1 Å². The molecule has 0 bridgehead atoms. The van der Waals surface area contributed by atoms with Crippen LogP contribution in [-0.4, -0.2) is 17.7 Å². The van der Waals surface area contributed by atoms with Crippen LogP contribution in [0.4, 0.5) is 5.69 Å². The first-order valence-electron chi connectivity index (χ1n) is 5.30. The average molecular weight is 218 g/mol. The van der Waals surface area contributed by atoms with Gasteiger partial charge in [-0.3, -0.25) is 9.59 Å². The number of nitrogens with one attached hydrogen (secondary N) is 2. The number of amides is 1. The van der Waals surface area contributed by atoms with Crippen LogP contribution >= 0.6 is 0 Å². The summed E-state index contributed by atoms with van der Waals surface area (Å²) in [7, 11) is 0. The third-order valence-corrected chi connectivity index (χ3v) is 2.50. The van der Waals surface area contributed by atoms with Gasteiger partial charge in [-0.25, -0.2) is 0 Å². The Kier molecular flexibility index (Phi) is 2.75. The number of hydrogen-bond donors (Lipinski definition) is 2. The topological polar surface area (TPSA) is 58.2 Å². The maximum Gasteiger partial charge on any atom is 0.296 e. The van der Waals surface area contributed by atoms with Crippen LogP contribution in [0.2, 0.25) is 0 Å². The van der Waals surface area contributed by atoms with Crippen LogP contribution in [0.15, 0.2) is 18.2 Å². The van der Waals surface area contributed by atoms with Crippen molar-refractivity contribution in [2.45, 2.75) is 26.4 Å². The smallest absolute Gasteiger partial charge is 0.296 e. The van der Waals surface area contributed by atoms with Gasteiger partial charge in [0.2, 0.25) is 0 Å². The van der Waals surface area contributed by atoms with Gasteiger partial charge in [-0.2, -0.15) is 0 Å². The second-order valence-corrected chi connectivity index (χ2v) is 4.20. The second-order valence-electron chi connectivity index (χ2n) is 4.20. The van der Waals surface area contributed by atoms with E-state index < -0.39 is 11.7 Å². The maximum absolute atomic E-state index is 11.5. The molecule has 2 N–H and O–H groups in total. The summed E-state index contributed by atoms with van der Waals surface area (Å²) in [6.07, 6.45) is 0. The minimum atomic E-state index is -0.538. The lowest BCUT2D eigenvalue weighted by atomic mass is 10.1. The van der Waals surface area contributed by atoms with Gasteiger partial charge >= 0.3 is 0 Å². The molecule has 0 unspecified atom stereocenters. The van der Waals surface area contributed by atoms with Gasteiger partial charge in [-0.1, -0.05) is 19.9 Å². The van der Waals surface area contributed by atoms with E-state index >= 15 is 0 Å². The van der Waals surface area contributed by atoms with Crippen molar-refractivity contribution in [3.63, 3.8) is 0 Å². The minimum Gasteiger partial charge on any atom is -0.318 e. The van der Waals surface area contributed by atoms with Crippen molar-refractivity contribution < 1.29 is 9.59 Å². The zero-order valence-corrected chi connectivity index (χ0v) is 9.33. The van der Waals surface area contributed by atoms with Crippen LogP contribution in [0.1, 0.15) is 29.8 Å². The van der Waals surface area contributed by atoms with Gasteiger partial charge in [0, 0.05) is 12.6 Å². The molecule has 1 amide bonds. The molecule has 0 fully saturated rings. The van der Waals surface area contributed by atoms with Crippen LogP contribution in [0.5, 0.6) is 0 Å². The van der Waals surface area contributed by atoms with Crippen molar-refractivity contribution in [2.24, 2.45) is 0 Å². The maximum atomic E-state index is 11.5. The molecule has 1 aromatic rings. The van der Waals surface area contributed by atoms with Crippen LogP contribution in [0.3, 0.4) is 0 Å². The van der Waals surface area contributed by atoms with E-state index in [2.05, 4.69) is 24.5 Å². The second kappa shape index (κ2) is 4.06. The van der Waals surface area contributed by atoms with E-state index in [-0.39, 0.29) is 0 Å². The highest BCUT2D eigenvalue weighted by Gasteiger charge is 2.27. The number of carbonyl (C=O) groups is 2. The Labute approximate surface area is 94.0 Å². The molecular weight excluding hydrogens is 204 g/mol. The zero-order chi connectivity index (χ0) is 11.7. The fraction of sp³-hybridized carbons (Fsp3) is 0.333. The highest BCUT2D eigenvalue weighted by atomic mass is 16.2. The van der Waals surface area contributed by atoms with E-state index in [0.29, 0.717) is 23.8 Å². The van der Waals surface area contributed by atoms with Crippen LogP contribution < -0.4 is 10.6 Å². The Morgan fingerprint density at radius 1 is 1.31 bits per heavy atom. The number of carbonyl (C=O) groups excluding carboxylic acids is 2. The summed E-state index contributed by atoms with van der Waals surface area (Å²) in [6.45, 7) is 4.82. The highest BCUT2D eigenvalue weighted by Crippen LogP contribution is 2.23. The zero-order valence-electron chi connectivity index (χ0n) is 9.33. The van der Waals surface area contributed by atoms with Gasteiger partial charge in [0.15, 0.2) is 0 Å². The van der Waals surface area contributed by atoms with Crippen LogP contribution in [0.25, 0.3) is 0 Å². The molecule has 4 heteroatoms. The third kappa shape index (κ3) is 1.97. The summed E-state index contributed by atoms with van der Waals surface area (Å²) in [5, 5.41) is 5.79. The number of rotatable bonds is 3. The predicted molar refractivity (Wildman–Crippen MR) is 61.4 cm³/mol. The monoisotopic (exact) mass is 218 g/mol. The lowest BCUT2D eigenvalue weighted by Gasteiger charge is -2.08. The summed E-state index contributed by atoms with van der Waals surface area (Å²) in [5.74, 6) is -0.981. The summed E-state index contributed by atoms with van der Waals surface area (Å²) in [5.41, 5.74) is 2.11. The summed E-state index contributed by atoms with van der Waals surface area (Å²) < 4.78 is 0. The average Bonchev–Trinajstić information content (AvgIpc) is 2.52. The molecule has 0 radical (unpaired) electrons. The Morgan fingerprint density at radius 3 is 2.75 bits per heavy atom. The first-order valence-corrected chi connectivity index (χ1v) is 5.30. The molecule has 1 aliphatic heterocycles. The first-order chi connectivity index (χ1) is 7.58. The van der Waals surface area contributed by atoms with Crippen molar-refractivity contribution >= 4 is 17.4 Å². The predicted octanol–water partition coefficient (Wildman–Crippen LogP) is 1.32. The number of hydrogen-bond acceptors (Lipinski definition) is 3. The number of fused-ring (bicyclic) bond motifs is 1. The molecule has 0 saturated carbocycles. The quantitative estimate of drug-likeness (QED) is 0.752. The standard InChI is InChI=1S/C12H14N2O2/c1-7(2)13-6-8-3-4-10-9(5-8)11(15)12(16)14-10/h3-5,7,13H,6H2,1-2H3,(H,14,15,16). The van der Waals surface area contributed by atoms with Gasteiger partial charge in [0.1, 0.15) is 0 Å². The highest BCUT2D eigenvalue weighted by molar-refractivity contribution is 6.51. The number of anilines is 1. The van der Waals surface area contributed by atoms with Crippen LogP contribution in [-0.2, 0) is 11.3 Å². The number of Topliss-reactive ketones (excluding diaryl/α,β-unsaturated/α-hetero) is 1. The Hall–Kier alpha value is -1.68. The minimum absolute atomic E-state index is 0.392. The van der Waals surface area contributed by atoms with E-state index in [0.717, 1.165) is 5.56 Å². The van der Waals surface area contributed by atoms with Gasteiger partial charge in [-0.15, -0.1) is 0 Å². The Morgan fingerprint density at radius 2 is 2.06 bits per heavy atom. The molecule has 0 aliphatic carbocycles. The van der Waals surface area contributed by atoms with E-state index in [9.17, 15) is 9.59 Å². The summed E-state index contributed by atoms with van der Waals surface area (Å²) >= 11 is 0. The largest absolute Gasteiger partial charge is 0.318 e. The van der Waals surface area contributed by atoms with Crippen molar-refractivity contribution in [1.82, 2.24) is 5.32 Å². The Bertz CT molecular complexity index is 452. The lowest BCUT2D eigenvalue weighted by molar-refractivity contribution is -0.112. The molecule has 0 saturated heterocycles. The summed E-state index contributed by atoms with van der Waals surface area (Å²) in [4.78, 5) is 22.6. The van der Waals surface area contributed by atoms with Gasteiger partial charge in [-0.05, 0) is 17.7 Å². The first kappa shape index (κ1) is 10.8. The lowest BCUT2D eigenvalue weighted by Crippen LogP contribution is -2.21. The molecule has 1 aliphatic rings. The normalized spacial score (nSPS) is 14.2. The molecule has 0 spiro atoms. The molecule has 0 atom stereocenters. The number of ketones is 1. The number of benzene rings is 1. The molecule has 2 rings (SSSR count). The molecular formula is C12H14N2O2. The van der Waals surface area contributed by atoms with E-state index in [1.165, 1.54) is 0 Å².